The summed E-state index contributed by atoms with van der Waals surface area (Å²) in [6.45, 7) is 12.5. The minimum atomic E-state index is -0.525. The number of carbonyl (C=O) groups excluding carboxylic acids is 1. The highest BCUT2D eigenvalue weighted by Gasteiger charge is 2.69. The van der Waals surface area contributed by atoms with Crippen molar-refractivity contribution in [1.29, 1.82) is 0 Å². The zero-order valence-electron chi connectivity index (χ0n) is 22.8. The standard InChI is InChI=1S/C30H49NO4/c1-17-8-13-30(33-16-17)18(2)26-25(35-30)15-24-22-7-6-20-14-21(34-27(32)19(3)31)9-11-28(20,4)23(22)10-12-29(24,26)5/h17-26H,6-16,31H2,1-5H3/t17-,18?,19?,20?,21-,22?,23?,24?,25?,26?,28-,29-,30+/m0/s1. The molecule has 35 heavy (non-hydrogen) atoms. The van der Waals surface area contributed by atoms with Crippen LogP contribution in [0, 0.1) is 52.3 Å². The summed E-state index contributed by atoms with van der Waals surface area (Å²) in [5.74, 6) is 4.32. The van der Waals surface area contributed by atoms with Crippen molar-refractivity contribution in [2.24, 2.45) is 58.0 Å². The van der Waals surface area contributed by atoms with Crippen LogP contribution < -0.4 is 5.73 Å². The fraction of sp³-hybridized carbons (Fsp3) is 0.967. The predicted molar refractivity (Wildman–Crippen MR) is 135 cm³/mol. The fourth-order valence-electron chi connectivity index (χ4n) is 10.6. The molecule has 2 aliphatic heterocycles. The SMILES string of the molecule is CC(N)C(=O)O[C@H]1CC[C@@]2(C)C(CCC3C2CC[C@@]2(C)C3CC3O[C@]4(CC[C@H](C)CO4)C(C)C32)C1. The van der Waals surface area contributed by atoms with E-state index in [9.17, 15) is 4.79 Å². The normalized spacial score (nSPS) is 56.0. The van der Waals surface area contributed by atoms with E-state index in [0.717, 1.165) is 43.6 Å². The van der Waals surface area contributed by atoms with Gasteiger partial charge in [0, 0.05) is 12.3 Å². The lowest BCUT2D eigenvalue weighted by Crippen LogP contribution is -2.55. The highest BCUT2D eigenvalue weighted by Crippen LogP contribution is 2.71. The van der Waals surface area contributed by atoms with Gasteiger partial charge in [0.05, 0.1) is 12.7 Å². The van der Waals surface area contributed by atoms with Crippen molar-refractivity contribution >= 4 is 5.97 Å². The minimum absolute atomic E-state index is 0.0615. The molecule has 0 amide bonds. The van der Waals surface area contributed by atoms with E-state index in [2.05, 4.69) is 27.7 Å². The maximum absolute atomic E-state index is 12.1. The summed E-state index contributed by atoms with van der Waals surface area (Å²) >= 11 is 0. The van der Waals surface area contributed by atoms with Crippen LogP contribution in [0.15, 0.2) is 0 Å². The van der Waals surface area contributed by atoms with Crippen molar-refractivity contribution in [3.63, 3.8) is 0 Å². The molecule has 0 radical (unpaired) electrons. The summed E-state index contributed by atoms with van der Waals surface area (Å²) in [6, 6.07) is -0.525. The van der Waals surface area contributed by atoms with Crippen molar-refractivity contribution in [2.75, 3.05) is 6.61 Å². The Balaban J connectivity index is 1.18. The third-order valence-corrected chi connectivity index (χ3v) is 12.5. The summed E-state index contributed by atoms with van der Waals surface area (Å²) in [5.41, 5.74) is 6.54. The Labute approximate surface area is 212 Å². The van der Waals surface area contributed by atoms with E-state index in [1.165, 1.54) is 44.9 Å². The Morgan fingerprint density at radius 1 is 0.971 bits per heavy atom. The van der Waals surface area contributed by atoms with Gasteiger partial charge in [-0.05, 0) is 111 Å². The molecule has 0 aromatic rings. The quantitative estimate of drug-likeness (QED) is 0.507. The molecule has 0 bridgehead atoms. The molecule has 6 rings (SSSR count). The van der Waals surface area contributed by atoms with Crippen molar-refractivity contribution in [1.82, 2.24) is 0 Å². The van der Waals surface area contributed by atoms with Crippen LogP contribution in [0.1, 0.15) is 98.8 Å². The number of fused-ring (bicyclic) bond motifs is 7. The van der Waals surface area contributed by atoms with Gasteiger partial charge in [0.2, 0.25) is 0 Å². The van der Waals surface area contributed by atoms with E-state index in [-0.39, 0.29) is 17.9 Å². The minimum Gasteiger partial charge on any atom is -0.461 e. The van der Waals surface area contributed by atoms with E-state index in [1.807, 2.05) is 0 Å². The Morgan fingerprint density at radius 3 is 2.46 bits per heavy atom. The molecule has 4 saturated carbocycles. The third kappa shape index (κ3) is 3.61. The first kappa shape index (κ1) is 24.7. The second-order valence-electron chi connectivity index (χ2n) is 14.3. The van der Waals surface area contributed by atoms with Crippen LogP contribution in [-0.2, 0) is 19.0 Å². The number of ether oxygens (including phenoxy) is 3. The van der Waals surface area contributed by atoms with Gasteiger partial charge < -0.3 is 19.9 Å². The summed E-state index contributed by atoms with van der Waals surface area (Å²) in [7, 11) is 0. The molecule has 13 atom stereocenters. The van der Waals surface area contributed by atoms with Crippen LogP contribution in [-0.4, -0.2) is 36.6 Å². The van der Waals surface area contributed by atoms with Crippen molar-refractivity contribution in [2.45, 2.75) is 123 Å². The first-order valence-electron chi connectivity index (χ1n) is 14.9. The summed E-state index contributed by atoms with van der Waals surface area (Å²) < 4.78 is 19.2. The van der Waals surface area contributed by atoms with Gasteiger partial charge in [-0.15, -0.1) is 0 Å². The average molecular weight is 488 g/mol. The van der Waals surface area contributed by atoms with Crippen LogP contribution in [0.25, 0.3) is 0 Å². The number of nitrogens with two attached hydrogens (primary N) is 1. The van der Waals surface area contributed by atoms with Gasteiger partial charge in [-0.25, -0.2) is 0 Å². The second kappa shape index (κ2) is 8.43. The molecule has 0 aromatic carbocycles. The Morgan fingerprint density at radius 2 is 1.74 bits per heavy atom. The molecule has 198 valence electrons. The Kier molecular flexibility index (Phi) is 5.94. The van der Waals surface area contributed by atoms with Crippen molar-refractivity contribution in [3.05, 3.63) is 0 Å². The average Bonchev–Trinajstić information content (AvgIpc) is 3.26. The van der Waals surface area contributed by atoms with Crippen molar-refractivity contribution in [3.8, 4) is 0 Å². The van der Waals surface area contributed by atoms with Gasteiger partial charge in [-0.2, -0.15) is 0 Å². The largest absolute Gasteiger partial charge is 0.461 e. The number of hydrogen-bond donors (Lipinski definition) is 1. The molecule has 6 fully saturated rings. The van der Waals surface area contributed by atoms with Gasteiger partial charge in [0.15, 0.2) is 5.79 Å². The topological polar surface area (TPSA) is 70.8 Å². The molecule has 4 aliphatic carbocycles. The Hall–Kier alpha value is -0.650. The first-order chi connectivity index (χ1) is 16.6. The van der Waals surface area contributed by atoms with Crippen LogP contribution >= 0.6 is 0 Å². The highest BCUT2D eigenvalue weighted by molar-refractivity contribution is 5.75. The molecule has 6 aliphatic rings. The lowest BCUT2D eigenvalue weighted by Gasteiger charge is -2.61. The molecule has 1 spiro atoms. The maximum atomic E-state index is 12.1. The van der Waals surface area contributed by atoms with Crippen LogP contribution in [0.5, 0.6) is 0 Å². The zero-order chi connectivity index (χ0) is 24.8. The lowest BCUT2D eigenvalue weighted by molar-refractivity contribution is -0.273. The van der Waals surface area contributed by atoms with Crippen LogP contribution in [0.3, 0.4) is 0 Å². The number of carbonyl (C=O) groups is 1. The van der Waals surface area contributed by atoms with E-state index >= 15 is 0 Å². The van der Waals surface area contributed by atoms with Gasteiger partial charge in [-0.3, -0.25) is 4.79 Å². The van der Waals surface area contributed by atoms with Gasteiger partial charge in [-0.1, -0.05) is 27.7 Å². The number of rotatable bonds is 2. The maximum Gasteiger partial charge on any atom is 0.322 e. The molecule has 5 nitrogen and oxygen atoms in total. The summed E-state index contributed by atoms with van der Waals surface area (Å²) in [4.78, 5) is 12.1. The van der Waals surface area contributed by atoms with Crippen LogP contribution in [0.4, 0.5) is 0 Å². The fourth-order valence-corrected chi connectivity index (χ4v) is 10.6. The van der Waals surface area contributed by atoms with Crippen molar-refractivity contribution < 1.29 is 19.0 Å². The first-order valence-corrected chi connectivity index (χ1v) is 14.9. The molecular weight excluding hydrogens is 438 g/mol. The zero-order valence-corrected chi connectivity index (χ0v) is 22.8. The van der Waals surface area contributed by atoms with E-state index in [4.69, 9.17) is 19.9 Å². The van der Waals surface area contributed by atoms with Crippen LogP contribution in [0.2, 0.25) is 0 Å². The molecule has 8 unspecified atom stereocenters. The number of esters is 1. The molecule has 5 heteroatoms. The smallest absolute Gasteiger partial charge is 0.322 e. The summed E-state index contributed by atoms with van der Waals surface area (Å²) in [6.07, 6.45) is 12.5. The predicted octanol–water partition coefficient (Wildman–Crippen LogP) is 5.69. The Bertz CT molecular complexity index is 836. The monoisotopic (exact) mass is 487 g/mol. The molecule has 2 N–H and O–H groups in total. The van der Waals surface area contributed by atoms with E-state index < -0.39 is 6.04 Å². The van der Waals surface area contributed by atoms with E-state index in [0.29, 0.717) is 40.6 Å². The number of hydrogen-bond acceptors (Lipinski definition) is 5. The molecule has 2 saturated heterocycles. The molecule has 2 heterocycles. The summed E-state index contributed by atoms with van der Waals surface area (Å²) in [5, 5.41) is 0. The van der Waals surface area contributed by atoms with Gasteiger partial charge in [0.25, 0.3) is 0 Å². The molecule has 0 aromatic heterocycles. The van der Waals surface area contributed by atoms with Gasteiger partial charge >= 0.3 is 5.97 Å². The molecular formula is C30H49NO4. The lowest BCUT2D eigenvalue weighted by atomic mass is 9.44. The van der Waals surface area contributed by atoms with Gasteiger partial charge in [0.1, 0.15) is 12.1 Å². The van der Waals surface area contributed by atoms with E-state index in [1.54, 1.807) is 6.92 Å². The second-order valence-corrected chi connectivity index (χ2v) is 14.3. The highest BCUT2D eigenvalue weighted by atomic mass is 16.7. The third-order valence-electron chi connectivity index (χ3n) is 12.5.